The van der Waals surface area contributed by atoms with Gasteiger partial charge in [0.15, 0.2) is 6.61 Å². The van der Waals surface area contributed by atoms with Gasteiger partial charge in [-0.3, -0.25) is 4.79 Å². The second-order valence-corrected chi connectivity index (χ2v) is 8.97. The van der Waals surface area contributed by atoms with Crippen molar-refractivity contribution < 1.29 is 34.1 Å². The Hall–Kier alpha value is -3.08. The molecule has 11 heteroatoms. The topological polar surface area (TPSA) is 122 Å². The first-order chi connectivity index (χ1) is 16.2. The molecule has 0 aromatic heterocycles. The van der Waals surface area contributed by atoms with E-state index in [-0.39, 0.29) is 38.5 Å². The number of carbonyl (C=O) groups excluding carboxylic acids is 2. The van der Waals surface area contributed by atoms with Crippen molar-refractivity contribution in [1.29, 1.82) is 0 Å². The molecule has 0 aliphatic carbocycles. The summed E-state index contributed by atoms with van der Waals surface area (Å²) in [5.41, 5.74) is 0.293. The fourth-order valence-corrected chi connectivity index (χ4v) is 4.42. The van der Waals surface area contributed by atoms with Gasteiger partial charge in [0.05, 0.1) is 22.1 Å². The Kier molecular flexibility index (Phi) is 8.54. The average Bonchev–Trinajstić information content (AvgIpc) is 3.08. The number of thioether (sulfide) groups is 1. The monoisotopic (exact) mass is 565 g/mol. The Morgan fingerprint density at radius 2 is 1.94 bits per heavy atom. The zero-order valence-electron chi connectivity index (χ0n) is 17.6. The molecule has 0 spiro atoms. The third-order valence-electron chi connectivity index (χ3n) is 4.29. The highest BCUT2D eigenvalue weighted by Crippen LogP contribution is 2.40. The maximum Gasteiger partial charge on any atom is 0.344 e. The maximum absolute atomic E-state index is 12.7. The Balaban J connectivity index is 2.06. The summed E-state index contributed by atoms with van der Waals surface area (Å²) in [4.78, 5) is 40.4. The van der Waals surface area contributed by atoms with Gasteiger partial charge < -0.3 is 19.7 Å². The largest absolute Gasteiger partial charge is 0.506 e. The number of aliphatic carboxylic acids is 1. The summed E-state index contributed by atoms with van der Waals surface area (Å²) in [7, 11) is 0. The van der Waals surface area contributed by atoms with E-state index in [1.54, 1.807) is 37.3 Å². The van der Waals surface area contributed by atoms with Crippen LogP contribution in [0, 0.1) is 0 Å². The zero-order valence-corrected chi connectivity index (χ0v) is 20.7. The first-order valence-corrected chi connectivity index (χ1v) is 11.7. The van der Waals surface area contributed by atoms with Crippen molar-refractivity contribution in [3.8, 4) is 5.75 Å². The number of hydrogen-bond acceptors (Lipinski definition) is 7. The molecule has 2 N–H and O–H groups in total. The van der Waals surface area contributed by atoms with E-state index < -0.39 is 30.2 Å². The van der Waals surface area contributed by atoms with Crippen molar-refractivity contribution in [2.45, 2.75) is 6.92 Å². The van der Waals surface area contributed by atoms with Gasteiger partial charge in [-0.25, -0.2) is 14.6 Å². The molecule has 1 aliphatic rings. The summed E-state index contributed by atoms with van der Waals surface area (Å²) in [5.74, 6) is -2.90. The summed E-state index contributed by atoms with van der Waals surface area (Å²) in [6.45, 7) is 1.08. The molecular formula is C23H17BrClNO7S. The molecule has 1 aliphatic heterocycles. The molecule has 2 aromatic carbocycles. The molecule has 8 nitrogen and oxygen atoms in total. The van der Waals surface area contributed by atoms with E-state index >= 15 is 0 Å². The molecule has 0 unspecified atom stereocenters. The van der Waals surface area contributed by atoms with Gasteiger partial charge in [0.1, 0.15) is 22.1 Å². The number of benzene rings is 2. The van der Waals surface area contributed by atoms with E-state index in [1.807, 2.05) is 0 Å². The number of esters is 1. The van der Waals surface area contributed by atoms with Gasteiger partial charge in [0, 0.05) is 10.0 Å². The number of carboxylic acid groups (broad SMARTS) is 1. The van der Waals surface area contributed by atoms with Crippen LogP contribution in [0.2, 0.25) is 5.02 Å². The Morgan fingerprint density at radius 3 is 2.62 bits per heavy atom. The first kappa shape index (κ1) is 25.5. The standard InChI is InChI=1S/C23H17BrClNO7S/c1-2-32-23(31)19-20(29)17(10-12-9-13(24)7-8-16(12)33-11-18(27)28)34-22(19)26-21(30)14-5-3-4-6-15(14)25/h3-10,29H,2,11H2,1H3,(H,27,28)/b17-10-,26-22?. The Labute approximate surface area is 212 Å². The van der Waals surface area contributed by atoms with Gasteiger partial charge in [-0.15, -0.1) is 0 Å². The molecule has 0 fully saturated rings. The molecule has 0 saturated heterocycles. The van der Waals surface area contributed by atoms with Gasteiger partial charge in [0.2, 0.25) is 0 Å². The number of carbonyl (C=O) groups is 3. The molecule has 34 heavy (non-hydrogen) atoms. The lowest BCUT2D eigenvalue weighted by Gasteiger charge is -2.08. The molecule has 0 saturated carbocycles. The minimum atomic E-state index is -1.16. The number of hydrogen-bond donors (Lipinski definition) is 2. The van der Waals surface area contributed by atoms with Crippen molar-refractivity contribution in [2.24, 2.45) is 4.99 Å². The number of amides is 1. The predicted octanol–water partition coefficient (Wildman–Crippen LogP) is 5.27. The van der Waals surface area contributed by atoms with Crippen LogP contribution in [0.25, 0.3) is 6.08 Å². The fraction of sp³-hybridized carbons (Fsp3) is 0.130. The number of halogens is 2. The smallest absolute Gasteiger partial charge is 0.344 e. The average molecular weight is 567 g/mol. The van der Waals surface area contributed by atoms with E-state index in [1.165, 1.54) is 18.2 Å². The molecule has 0 bridgehead atoms. The summed E-state index contributed by atoms with van der Waals surface area (Å²) >= 11 is 10.3. The number of aliphatic imine (C=N–C) groups is 1. The molecule has 0 atom stereocenters. The number of rotatable bonds is 7. The van der Waals surface area contributed by atoms with E-state index in [2.05, 4.69) is 20.9 Å². The lowest BCUT2D eigenvalue weighted by molar-refractivity contribution is -0.139. The van der Waals surface area contributed by atoms with Crippen LogP contribution >= 0.6 is 39.3 Å². The number of aliphatic hydroxyl groups excluding tert-OH is 1. The Morgan fingerprint density at radius 1 is 1.21 bits per heavy atom. The molecule has 1 heterocycles. The summed E-state index contributed by atoms with van der Waals surface area (Å²) in [6, 6.07) is 11.2. The summed E-state index contributed by atoms with van der Waals surface area (Å²) in [6.07, 6.45) is 1.49. The van der Waals surface area contributed by atoms with Crippen LogP contribution in [-0.2, 0) is 14.3 Å². The molecular weight excluding hydrogens is 550 g/mol. The van der Waals surface area contributed by atoms with E-state index in [0.717, 1.165) is 11.8 Å². The normalized spacial score (nSPS) is 15.6. The second kappa shape index (κ2) is 11.4. The number of aliphatic hydroxyl groups is 1. The number of ether oxygens (including phenoxy) is 2. The van der Waals surface area contributed by atoms with Crippen LogP contribution < -0.4 is 4.74 Å². The van der Waals surface area contributed by atoms with Crippen molar-refractivity contribution >= 4 is 68.3 Å². The van der Waals surface area contributed by atoms with Gasteiger partial charge in [-0.2, -0.15) is 0 Å². The third kappa shape index (κ3) is 6.07. The van der Waals surface area contributed by atoms with Crippen LogP contribution in [0.3, 0.4) is 0 Å². The quantitative estimate of drug-likeness (QED) is 0.435. The van der Waals surface area contributed by atoms with Crippen LogP contribution in [0.4, 0.5) is 0 Å². The van der Waals surface area contributed by atoms with E-state index in [0.29, 0.717) is 10.0 Å². The predicted molar refractivity (Wildman–Crippen MR) is 132 cm³/mol. The minimum Gasteiger partial charge on any atom is -0.506 e. The molecule has 176 valence electrons. The SMILES string of the molecule is CCOC(=O)C1=C(O)/C(=C/c2cc(Br)ccc2OCC(=O)O)SC1=NC(=O)c1ccccc1Cl. The van der Waals surface area contributed by atoms with Gasteiger partial charge >= 0.3 is 11.9 Å². The van der Waals surface area contributed by atoms with Crippen LogP contribution in [0.15, 0.2) is 68.2 Å². The number of carboxylic acids is 1. The van der Waals surface area contributed by atoms with Crippen LogP contribution in [0.1, 0.15) is 22.8 Å². The van der Waals surface area contributed by atoms with Crippen molar-refractivity contribution in [3.63, 3.8) is 0 Å². The lowest BCUT2D eigenvalue weighted by atomic mass is 10.1. The summed E-state index contributed by atoms with van der Waals surface area (Å²) < 4.78 is 11.0. The number of nitrogens with zero attached hydrogens (tertiary/aromatic N) is 1. The highest BCUT2D eigenvalue weighted by atomic mass is 79.9. The lowest BCUT2D eigenvalue weighted by Crippen LogP contribution is -2.14. The first-order valence-electron chi connectivity index (χ1n) is 9.73. The molecule has 0 radical (unpaired) electrons. The minimum absolute atomic E-state index is 0.0455. The van der Waals surface area contributed by atoms with E-state index in [9.17, 15) is 19.5 Å². The van der Waals surface area contributed by atoms with Gasteiger partial charge in [-0.1, -0.05) is 51.4 Å². The Bertz CT molecular complexity index is 1260. The van der Waals surface area contributed by atoms with Crippen molar-refractivity contribution in [2.75, 3.05) is 13.2 Å². The highest BCUT2D eigenvalue weighted by molar-refractivity contribution is 9.10. The molecule has 1 amide bonds. The zero-order chi connectivity index (χ0) is 24.8. The highest BCUT2D eigenvalue weighted by Gasteiger charge is 2.34. The van der Waals surface area contributed by atoms with Gasteiger partial charge in [-0.05, 0) is 43.3 Å². The van der Waals surface area contributed by atoms with Crippen LogP contribution in [-0.4, -0.2) is 46.3 Å². The fourth-order valence-electron chi connectivity index (χ4n) is 2.82. The van der Waals surface area contributed by atoms with E-state index in [4.69, 9.17) is 26.2 Å². The van der Waals surface area contributed by atoms with Crippen molar-refractivity contribution in [1.82, 2.24) is 0 Å². The van der Waals surface area contributed by atoms with Crippen LogP contribution in [0.5, 0.6) is 5.75 Å². The van der Waals surface area contributed by atoms with Gasteiger partial charge in [0.25, 0.3) is 5.91 Å². The second-order valence-electron chi connectivity index (χ2n) is 6.62. The maximum atomic E-state index is 12.7. The third-order valence-corrected chi connectivity index (χ3v) is 6.13. The molecule has 3 rings (SSSR count). The van der Waals surface area contributed by atoms with Crippen molar-refractivity contribution in [3.05, 3.63) is 79.3 Å². The molecule has 2 aromatic rings. The summed E-state index contributed by atoms with van der Waals surface area (Å²) in [5, 5.41) is 19.9.